The second-order valence-corrected chi connectivity index (χ2v) is 7.58. The number of aliphatic carboxylic acids is 1. The first-order valence-electron chi connectivity index (χ1n) is 9.54. The number of fused-ring (bicyclic) bond motifs is 1. The summed E-state index contributed by atoms with van der Waals surface area (Å²) in [5, 5.41) is 20.9. The van der Waals surface area contributed by atoms with E-state index in [-0.39, 0.29) is 51.4 Å². The Kier molecular flexibility index (Phi) is 4.62. The quantitative estimate of drug-likeness (QED) is 0.254. The van der Waals surface area contributed by atoms with E-state index in [0.29, 0.717) is 0 Å². The Hall–Kier alpha value is -0.584. The van der Waals surface area contributed by atoms with Crippen LogP contribution in [0.25, 0.3) is 0 Å². The van der Waals surface area contributed by atoms with Gasteiger partial charge in [0.15, 0.2) is 6.04 Å². The maximum Gasteiger partial charge on any atom is 1.00 e. The molecule has 0 spiro atoms. The Morgan fingerprint density at radius 1 is 1.48 bits per heavy atom. The topological polar surface area (TPSA) is 102 Å². The van der Waals surface area contributed by atoms with Crippen molar-refractivity contribution in [2.75, 3.05) is 6.61 Å². The number of hydrogen-bond acceptors (Lipinski definition) is 6. The van der Waals surface area contributed by atoms with Crippen LogP contribution in [0.4, 0.5) is 0 Å². The van der Waals surface area contributed by atoms with Crippen molar-refractivity contribution in [1.82, 2.24) is 4.90 Å². The second kappa shape index (κ2) is 7.97. The number of aliphatic imine (C=N–C) groups is 1. The van der Waals surface area contributed by atoms with Crippen molar-refractivity contribution in [2.45, 2.75) is 36.1 Å². The van der Waals surface area contributed by atoms with Gasteiger partial charge in [0.1, 0.15) is 23.8 Å². The maximum absolute atomic E-state index is 12.3. The summed E-state index contributed by atoms with van der Waals surface area (Å²) in [7, 11) is 0. The summed E-state index contributed by atoms with van der Waals surface area (Å²) in [6.45, 7) is 2.67. The minimum absolute atomic E-state index is 0. The molecule has 2 aliphatic heterocycles. The van der Waals surface area contributed by atoms with Crippen LogP contribution in [-0.4, -0.2) is 56.6 Å². The number of hydrogen-bond donors (Lipinski definition) is 1. The van der Waals surface area contributed by atoms with Gasteiger partial charge in [0, 0.05) is 4.75 Å². The van der Waals surface area contributed by atoms with Crippen LogP contribution in [0.5, 0.6) is 5.75 Å². The summed E-state index contributed by atoms with van der Waals surface area (Å²) in [6, 6.07) is -5.02. The number of ether oxygens (including phenoxy) is 1. The van der Waals surface area contributed by atoms with Crippen LogP contribution >= 0.6 is 11.8 Å². The van der Waals surface area contributed by atoms with Crippen LogP contribution < -0.4 is 61.2 Å². The Balaban J connectivity index is 0.00000320. The summed E-state index contributed by atoms with van der Waals surface area (Å²) in [5.41, 5.74) is 0. The first-order chi connectivity index (χ1) is 13.4. The predicted molar refractivity (Wildman–Crippen MR) is 86.9 cm³/mol. The Labute approximate surface area is 199 Å². The zero-order valence-corrected chi connectivity index (χ0v) is 17.8. The fraction of sp³-hybridized carbons (Fsp3) is 0.438. The van der Waals surface area contributed by atoms with E-state index in [2.05, 4.69) is 4.99 Å². The SMILES string of the molecule is [2H]c1c([2H])c([2H])c(OCC([O-])=N[C@@H]2C(=O)N3[C@@H]2SC(C)(C)[C@@H]3C(=O)O)c([2H])c1[2H].[K+]. The third-order valence-electron chi connectivity index (χ3n) is 3.75. The van der Waals surface area contributed by atoms with Crippen molar-refractivity contribution >= 4 is 29.5 Å². The molecule has 25 heavy (non-hydrogen) atoms. The first-order valence-corrected chi connectivity index (χ1v) is 7.92. The molecular formula is C16H17KN2O5S. The van der Waals surface area contributed by atoms with Crippen LogP contribution in [0.15, 0.2) is 35.2 Å². The van der Waals surface area contributed by atoms with Crippen molar-refractivity contribution in [1.29, 1.82) is 0 Å². The van der Waals surface area contributed by atoms with Crippen molar-refractivity contribution < 1.29 is 82.8 Å². The Morgan fingerprint density at radius 2 is 2.12 bits per heavy atom. The van der Waals surface area contributed by atoms with Gasteiger partial charge < -0.3 is 19.8 Å². The fourth-order valence-electron chi connectivity index (χ4n) is 2.75. The molecule has 2 aliphatic rings. The first kappa shape index (κ1) is 14.5. The van der Waals surface area contributed by atoms with Gasteiger partial charge in [-0.25, -0.2) is 4.79 Å². The molecule has 0 aliphatic carbocycles. The number of thioether (sulfide) groups is 1. The van der Waals surface area contributed by atoms with E-state index in [0.717, 1.165) is 0 Å². The van der Waals surface area contributed by atoms with Gasteiger partial charge in [0.25, 0.3) is 5.91 Å². The molecule has 0 bridgehead atoms. The Morgan fingerprint density at radius 3 is 2.72 bits per heavy atom. The number of carbonyl (C=O) groups is 2. The molecule has 7 nitrogen and oxygen atoms in total. The molecule has 0 unspecified atom stereocenters. The molecule has 0 aromatic heterocycles. The van der Waals surface area contributed by atoms with E-state index in [1.165, 1.54) is 16.7 Å². The third-order valence-corrected chi connectivity index (χ3v) is 5.30. The Bertz CT molecular complexity index is 918. The summed E-state index contributed by atoms with van der Waals surface area (Å²) < 4.78 is 42.5. The molecule has 1 amide bonds. The largest absolute Gasteiger partial charge is 1.00 e. The number of carboxylic acids is 1. The average molecular weight is 394 g/mol. The van der Waals surface area contributed by atoms with E-state index in [4.69, 9.17) is 11.6 Å². The summed E-state index contributed by atoms with van der Waals surface area (Å²) in [6.07, 6.45) is 0. The zero-order chi connectivity index (χ0) is 21.8. The molecule has 1 aromatic carbocycles. The van der Waals surface area contributed by atoms with E-state index in [9.17, 15) is 19.8 Å². The summed E-state index contributed by atoms with van der Waals surface area (Å²) in [4.78, 5) is 28.8. The van der Waals surface area contributed by atoms with Gasteiger partial charge in [0.05, 0.1) is 6.85 Å². The van der Waals surface area contributed by atoms with E-state index >= 15 is 0 Å². The molecule has 3 rings (SSSR count). The number of carbonyl (C=O) groups excluding carboxylic acids is 1. The molecule has 9 heteroatoms. The van der Waals surface area contributed by atoms with Gasteiger partial charge >= 0.3 is 57.4 Å². The molecule has 1 N–H and O–H groups in total. The molecule has 3 atom stereocenters. The predicted octanol–water partition coefficient (Wildman–Crippen LogP) is -2.66. The number of para-hydroxylation sites is 1. The summed E-state index contributed by atoms with van der Waals surface area (Å²) >= 11 is 1.24. The van der Waals surface area contributed by atoms with Gasteiger partial charge in [-0.1, -0.05) is 18.1 Å². The van der Waals surface area contributed by atoms with Crippen LogP contribution in [0, 0.1) is 0 Å². The van der Waals surface area contributed by atoms with Gasteiger partial charge in [-0.05, 0) is 31.8 Å². The zero-order valence-electron chi connectivity index (χ0n) is 18.8. The number of benzene rings is 1. The van der Waals surface area contributed by atoms with E-state index in [1.807, 2.05) is 0 Å². The average Bonchev–Trinajstić information content (AvgIpc) is 2.91. The van der Waals surface area contributed by atoms with Crippen LogP contribution in [0.1, 0.15) is 20.7 Å². The van der Waals surface area contributed by atoms with Crippen molar-refractivity contribution in [2.24, 2.45) is 4.99 Å². The second-order valence-electron chi connectivity index (χ2n) is 5.81. The summed E-state index contributed by atoms with van der Waals surface area (Å²) in [5.74, 6) is -3.04. The standard InChI is InChI=1S/C16H18N2O5S.K/c1-16(2)12(15(21)22)18-13(20)11(14(18)24-16)17-10(19)8-23-9-6-4-3-5-7-9;/h3-7,11-12,14H,8H2,1-2H3,(H,17,19)(H,21,22);/q;+1/p-1/t11-,12+,14-;/m1./s1/i3D,4D,5D,6D,7D;. The number of carboxylic acid groups (broad SMARTS) is 1. The van der Waals surface area contributed by atoms with Crippen molar-refractivity contribution in [3.05, 3.63) is 30.2 Å². The van der Waals surface area contributed by atoms with Crippen molar-refractivity contribution in [3.8, 4) is 5.75 Å². The molecule has 0 saturated carbocycles. The number of β-lactam (4-membered cyclic amide) rings is 1. The smallest absolute Gasteiger partial charge is 0.860 e. The molecule has 128 valence electrons. The van der Waals surface area contributed by atoms with Gasteiger partial charge in [-0.2, -0.15) is 0 Å². The molecule has 1 aromatic rings. The van der Waals surface area contributed by atoms with E-state index < -0.39 is 82.5 Å². The van der Waals surface area contributed by atoms with Gasteiger partial charge in [-0.3, -0.25) is 9.79 Å². The normalized spacial score (nSPS) is 29.9. The minimum atomic E-state index is -1.13. The minimum Gasteiger partial charge on any atom is -0.860 e. The van der Waals surface area contributed by atoms with Gasteiger partial charge in [-0.15, -0.1) is 11.8 Å². The number of rotatable bonds is 5. The van der Waals surface area contributed by atoms with Crippen LogP contribution in [0.3, 0.4) is 0 Å². The fourth-order valence-corrected chi connectivity index (χ4v) is 4.36. The molecule has 2 saturated heterocycles. The van der Waals surface area contributed by atoms with Crippen LogP contribution in [-0.2, 0) is 9.59 Å². The van der Waals surface area contributed by atoms with Crippen LogP contribution in [0.2, 0.25) is 0 Å². The number of amides is 1. The maximum atomic E-state index is 12.3. The molecular weight excluding hydrogens is 371 g/mol. The monoisotopic (exact) mass is 393 g/mol. The molecule has 2 heterocycles. The van der Waals surface area contributed by atoms with Crippen molar-refractivity contribution in [3.63, 3.8) is 0 Å². The van der Waals surface area contributed by atoms with E-state index in [1.54, 1.807) is 13.8 Å². The number of nitrogens with zero attached hydrogens (tertiary/aromatic N) is 2. The molecule has 2 fully saturated rings. The molecule has 0 radical (unpaired) electrons. The van der Waals surface area contributed by atoms with Gasteiger partial charge in [0.2, 0.25) is 0 Å². The third kappa shape index (κ3) is 4.06.